The highest BCUT2D eigenvalue weighted by Gasteiger charge is 2.49. The molecule has 0 radical (unpaired) electrons. The third-order valence-corrected chi connectivity index (χ3v) is 3.76. The van der Waals surface area contributed by atoms with E-state index in [2.05, 4.69) is 0 Å². The predicted molar refractivity (Wildman–Crippen MR) is 60.7 cm³/mol. The predicted octanol–water partition coefficient (Wildman–Crippen LogP) is 2.81. The Balaban J connectivity index is 2.89. The fourth-order valence-electron chi connectivity index (χ4n) is 2.43. The molecule has 3 unspecified atom stereocenters. The van der Waals surface area contributed by atoms with Crippen molar-refractivity contribution in [2.24, 2.45) is 5.92 Å². The molecule has 1 fully saturated rings. The van der Waals surface area contributed by atoms with Crippen molar-refractivity contribution in [1.29, 1.82) is 0 Å². The Morgan fingerprint density at radius 3 is 2.06 bits per heavy atom. The van der Waals surface area contributed by atoms with Crippen LogP contribution < -0.4 is 0 Å². The number of hydrogen-bond acceptors (Lipinski definition) is 2. The minimum Gasteiger partial charge on any atom is -0.393 e. The molecule has 3 atom stereocenters. The molecule has 0 saturated heterocycles. The van der Waals surface area contributed by atoms with E-state index in [1.165, 1.54) is 0 Å². The zero-order chi connectivity index (χ0) is 13.4. The summed E-state index contributed by atoms with van der Waals surface area (Å²) in [5.41, 5.74) is -0.328. The fourth-order valence-corrected chi connectivity index (χ4v) is 2.43. The number of alkyl halides is 3. The van der Waals surface area contributed by atoms with Crippen molar-refractivity contribution in [3.63, 3.8) is 0 Å². The summed E-state index contributed by atoms with van der Waals surface area (Å²) in [6.07, 6.45) is -4.31. The van der Waals surface area contributed by atoms with Crippen molar-refractivity contribution >= 4 is 0 Å². The number of aliphatic hydroxyl groups excluding tert-OH is 1. The largest absolute Gasteiger partial charge is 0.393 e. The van der Waals surface area contributed by atoms with Gasteiger partial charge in [-0.05, 0) is 47.1 Å². The van der Waals surface area contributed by atoms with Crippen molar-refractivity contribution in [1.82, 2.24) is 4.90 Å². The Bertz CT molecular complexity index is 259. The fraction of sp³-hybridized carbons (Fsp3) is 1.00. The van der Waals surface area contributed by atoms with Gasteiger partial charge in [0.15, 0.2) is 0 Å². The van der Waals surface area contributed by atoms with E-state index in [4.69, 9.17) is 0 Å². The van der Waals surface area contributed by atoms with Crippen LogP contribution in [-0.4, -0.2) is 40.9 Å². The maximum absolute atomic E-state index is 13.0. The number of hydrogen-bond donors (Lipinski definition) is 1. The molecular weight excluding hydrogens is 231 g/mol. The van der Waals surface area contributed by atoms with Crippen LogP contribution in [0.4, 0.5) is 13.2 Å². The second-order valence-corrected chi connectivity index (χ2v) is 5.96. The summed E-state index contributed by atoms with van der Waals surface area (Å²) < 4.78 is 38.9. The molecule has 0 spiro atoms. The molecule has 0 aliphatic heterocycles. The highest BCUT2D eigenvalue weighted by atomic mass is 19.4. The van der Waals surface area contributed by atoms with Crippen LogP contribution >= 0.6 is 0 Å². The normalized spacial score (nSPS) is 31.9. The zero-order valence-corrected chi connectivity index (χ0v) is 10.9. The van der Waals surface area contributed by atoms with Gasteiger partial charge >= 0.3 is 6.18 Å². The van der Waals surface area contributed by atoms with Crippen molar-refractivity contribution in [2.45, 2.75) is 63.9 Å². The van der Waals surface area contributed by atoms with Gasteiger partial charge in [-0.3, -0.25) is 4.90 Å². The molecule has 1 aliphatic carbocycles. The second-order valence-electron chi connectivity index (χ2n) is 5.96. The summed E-state index contributed by atoms with van der Waals surface area (Å²) >= 11 is 0. The van der Waals surface area contributed by atoms with Gasteiger partial charge in [-0.25, -0.2) is 0 Å². The molecule has 1 N–H and O–H groups in total. The molecule has 0 amide bonds. The van der Waals surface area contributed by atoms with Gasteiger partial charge in [0.1, 0.15) is 0 Å². The van der Waals surface area contributed by atoms with Crippen LogP contribution in [0.5, 0.6) is 0 Å². The summed E-state index contributed by atoms with van der Waals surface area (Å²) in [5, 5.41) is 9.58. The lowest BCUT2D eigenvalue weighted by Gasteiger charge is -2.46. The summed E-state index contributed by atoms with van der Waals surface area (Å²) in [5.74, 6) is -1.32. The van der Waals surface area contributed by atoms with Crippen LogP contribution in [0, 0.1) is 5.92 Å². The molecule has 0 heterocycles. The van der Waals surface area contributed by atoms with Crippen molar-refractivity contribution in [2.75, 3.05) is 7.05 Å². The number of nitrogens with zero attached hydrogens (tertiary/aromatic N) is 1. The average molecular weight is 253 g/mol. The molecule has 0 bridgehead atoms. The highest BCUT2D eigenvalue weighted by molar-refractivity contribution is 4.93. The molecular formula is C12H22F3NO. The molecule has 17 heavy (non-hydrogen) atoms. The van der Waals surface area contributed by atoms with Gasteiger partial charge in [-0.15, -0.1) is 0 Å². The smallest absolute Gasteiger partial charge is 0.393 e. The van der Waals surface area contributed by atoms with Gasteiger partial charge < -0.3 is 5.11 Å². The minimum absolute atomic E-state index is 0.0236. The molecule has 0 aromatic carbocycles. The first-order valence-electron chi connectivity index (χ1n) is 6.01. The van der Waals surface area contributed by atoms with Crippen LogP contribution in [0.3, 0.4) is 0 Å². The second kappa shape index (κ2) is 4.76. The van der Waals surface area contributed by atoms with Gasteiger partial charge in [-0.1, -0.05) is 0 Å². The average Bonchev–Trinajstić information content (AvgIpc) is 2.13. The van der Waals surface area contributed by atoms with Crippen molar-refractivity contribution < 1.29 is 18.3 Å². The van der Waals surface area contributed by atoms with Crippen LogP contribution in [-0.2, 0) is 0 Å². The van der Waals surface area contributed by atoms with E-state index < -0.39 is 24.2 Å². The first-order valence-corrected chi connectivity index (χ1v) is 6.01. The summed E-state index contributed by atoms with van der Waals surface area (Å²) in [6, 6.07) is -0.626. The lowest BCUT2D eigenvalue weighted by Crippen LogP contribution is -2.55. The van der Waals surface area contributed by atoms with E-state index in [1.807, 2.05) is 20.8 Å². The Morgan fingerprint density at radius 2 is 1.65 bits per heavy atom. The van der Waals surface area contributed by atoms with E-state index in [1.54, 1.807) is 11.9 Å². The zero-order valence-electron chi connectivity index (χ0n) is 10.9. The third-order valence-electron chi connectivity index (χ3n) is 3.76. The minimum atomic E-state index is -4.18. The van der Waals surface area contributed by atoms with E-state index >= 15 is 0 Å². The van der Waals surface area contributed by atoms with Gasteiger partial charge in [-0.2, -0.15) is 13.2 Å². The topological polar surface area (TPSA) is 23.5 Å². The number of rotatable bonds is 1. The standard InChI is InChI=1S/C12H22F3NO/c1-11(2,3)16(4)10-7-8(17)5-6-9(10)12(13,14)15/h8-10,17H,5-7H2,1-4H3. The molecule has 0 aromatic rings. The highest BCUT2D eigenvalue weighted by Crippen LogP contribution is 2.41. The summed E-state index contributed by atoms with van der Waals surface area (Å²) in [7, 11) is 1.71. The van der Waals surface area contributed by atoms with E-state index in [9.17, 15) is 18.3 Å². The molecule has 0 aromatic heterocycles. The monoisotopic (exact) mass is 253 g/mol. The van der Waals surface area contributed by atoms with Gasteiger partial charge in [0.2, 0.25) is 0 Å². The van der Waals surface area contributed by atoms with E-state index in [0.29, 0.717) is 0 Å². The number of aliphatic hydroxyl groups is 1. The third kappa shape index (κ3) is 3.58. The van der Waals surface area contributed by atoms with Gasteiger partial charge in [0, 0.05) is 11.6 Å². The molecule has 1 rings (SSSR count). The van der Waals surface area contributed by atoms with Crippen molar-refractivity contribution in [3.8, 4) is 0 Å². The maximum Gasteiger partial charge on any atom is 0.393 e. The lowest BCUT2D eigenvalue weighted by atomic mass is 9.80. The summed E-state index contributed by atoms with van der Waals surface area (Å²) in [4.78, 5) is 1.74. The van der Waals surface area contributed by atoms with Crippen LogP contribution in [0.2, 0.25) is 0 Å². The maximum atomic E-state index is 13.0. The SMILES string of the molecule is CN(C1CC(O)CCC1C(F)(F)F)C(C)(C)C. The Hall–Kier alpha value is -0.290. The van der Waals surface area contributed by atoms with Crippen LogP contribution in [0.15, 0.2) is 0 Å². The van der Waals surface area contributed by atoms with E-state index in [-0.39, 0.29) is 24.8 Å². The quantitative estimate of drug-likeness (QED) is 0.776. The van der Waals surface area contributed by atoms with Crippen LogP contribution in [0.25, 0.3) is 0 Å². The lowest BCUT2D eigenvalue weighted by molar-refractivity contribution is -0.208. The molecule has 102 valence electrons. The van der Waals surface area contributed by atoms with Gasteiger partial charge in [0.25, 0.3) is 0 Å². The van der Waals surface area contributed by atoms with Crippen molar-refractivity contribution in [3.05, 3.63) is 0 Å². The first-order chi connectivity index (χ1) is 7.53. The van der Waals surface area contributed by atoms with Crippen LogP contribution in [0.1, 0.15) is 40.0 Å². The Labute approximate surface area is 101 Å². The summed E-state index contributed by atoms with van der Waals surface area (Å²) in [6.45, 7) is 5.67. The first kappa shape index (κ1) is 14.8. The Morgan fingerprint density at radius 1 is 1.12 bits per heavy atom. The Kier molecular flexibility index (Phi) is 4.14. The number of halogens is 3. The molecule has 1 aliphatic rings. The van der Waals surface area contributed by atoms with Gasteiger partial charge in [0.05, 0.1) is 12.0 Å². The molecule has 1 saturated carbocycles. The van der Waals surface area contributed by atoms with E-state index in [0.717, 1.165) is 0 Å². The molecule has 5 heteroatoms. The molecule has 2 nitrogen and oxygen atoms in total.